The largest absolute Gasteiger partial charge is 0.480 e. The van der Waals surface area contributed by atoms with Crippen molar-refractivity contribution in [2.45, 2.75) is 26.3 Å². The van der Waals surface area contributed by atoms with Gasteiger partial charge >= 0.3 is 5.97 Å². The Labute approximate surface area is 149 Å². The third-order valence-electron chi connectivity index (χ3n) is 3.44. The summed E-state index contributed by atoms with van der Waals surface area (Å²) in [4.78, 5) is 36.2. The number of carboxylic acids is 1. The van der Waals surface area contributed by atoms with Gasteiger partial charge in [-0.15, -0.1) is 11.3 Å². The van der Waals surface area contributed by atoms with Crippen molar-refractivity contribution in [3.8, 4) is 0 Å². The van der Waals surface area contributed by atoms with Gasteiger partial charge in [-0.3, -0.25) is 9.59 Å². The molecule has 0 aliphatic heterocycles. The van der Waals surface area contributed by atoms with Crippen LogP contribution in [-0.4, -0.2) is 28.9 Å². The molecule has 7 heteroatoms. The molecule has 6 nitrogen and oxygen atoms in total. The molecule has 0 aliphatic rings. The minimum absolute atomic E-state index is 0.137. The number of benzene rings is 1. The highest BCUT2D eigenvalue weighted by Crippen LogP contribution is 2.15. The molecular formula is C18H20N2O4S. The summed E-state index contributed by atoms with van der Waals surface area (Å²) < 4.78 is 0. The van der Waals surface area contributed by atoms with Gasteiger partial charge < -0.3 is 15.7 Å². The zero-order chi connectivity index (χ0) is 18.4. The van der Waals surface area contributed by atoms with Gasteiger partial charge in [-0.25, -0.2) is 4.79 Å². The third-order valence-corrected chi connectivity index (χ3v) is 4.31. The number of anilines is 1. The van der Waals surface area contributed by atoms with Crippen LogP contribution in [0.15, 0.2) is 41.8 Å². The van der Waals surface area contributed by atoms with Crippen LogP contribution in [0.5, 0.6) is 0 Å². The fourth-order valence-electron chi connectivity index (χ4n) is 2.27. The maximum Gasteiger partial charge on any atom is 0.326 e. The average molecular weight is 360 g/mol. The summed E-state index contributed by atoms with van der Waals surface area (Å²) in [6.07, 6.45) is 0.343. The van der Waals surface area contributed by atoms with E-state index in [0.717, 1.165) is 0 Å². The van der Waals surface area contributed by atoms with Crippen LogP contribution in [0.3, 0.4) is 0 Å². The highest BCUT2D eigenvalue weighted by Gasteiger charge is 2.22. The minimum Gasteiger partial charge on any atom is -0.480 e. The summed E-state index contributed by atoms with van der Waals surface area (Å²) >= 11 is 1.32. The number of nitrogens with one attached hydrogen (secondary N) is 2. The molecule has 2 amide bonds. The van der Waals surface area contributed by atoms with E-state index < -0.39 is 17.9 Å². The Kier molecular flexibility index (Phi) is 6.30. The Morgan fingerprint density at radius 1 is 1.12 bits per heavy atom. The zero-order valence-corrected chi connectivity index (χ0v) is 14.8. The molecule has 0 spiro atoms. The molecule has 1 aromatic carbocycles. The Bertz CT molecular complexity index is 756. The molecular weight excluding hydrogens is 340 g/mol. The summed E-state index contributed by atoms with van der Waals surface area (Å²) in [5, 5.41) is 16.3. The molecule has 1 aromatic heterocycles. The number of hydrogen-bond donors (Lipinski definition) is 3. The number of rotatable bonds is 7. The van der Waals surface area contributed by atoms with Crippen molar-refractivity contribution in [3.63, 3.8) is 0 Å². The number of hydrogen-bond acceptors (Lipinski definition) is 4. The SMILES string of the molecule is CC(C)CC(NC(=O)c1cccc(NC(=O)c2cccs2)c1)C(=O)O. The maximum absolute atomic E-state index is 12.3. The third kappa shape index (κ3) is 5.42. The monoisotopic (exact) mass is 360 g/mol. The number of carbonyl (C=O) groups is 3. The molecule has 0 bridgehead atoms. The van der Waals surface area contributed by atoms with E-state index in [9.17, 15) is 19.5 Å². The van der Waals surface area contributed by atoms with Gasteiger partial charge in [-0.05, 0) is 42.0 Å². The van der Waals surface area contributed by atoms with E-state index in [1.807, 2.05) is 13.8 Å². The standard InChI is InChI=1S/C18H20N2O4S/c1-11(2)9-14(18(23)24)20-16(21)12-5-3-6-13(10-12)19-17(22)15-7-4-8-25-15/h3-8,10-11,14H,9H2,1-2H3,(H,19,22)(H,20,21)(H,23,24). The lowest BCUT2D eigenvalue weighted by molar-refractivity contribution is -0.139. The van der Waals surface area contributed by atoms with Gasteiger partial charge in [-0.1, -0.05) is 26.0 Å². The zero-order valence-electron chi connectivity index (χ0n) is 14.0. The van der Waals surface area contributed by atoms with Gasteiger partial charge in [0.05, 0.1) is 4.88 Å². The maximum atomic E-state index is 12.3. The Balaban J connectivity index is 2.07. The van der Waals surface area contributed by atoms with Crippen molar-refractivity contribution in [3.05, 3.63) is 52.2 Å². The number of aliphatic carboxylic acids is 1. The van der Waals surface area contributed by atoms with E-state index in [4.69, 9.17) is 0 Å². The lowest BCUT2D eigenvalue weighted by atomic mass is 10.0. The van der Waals surface area contributed by atoms with Crippen LogP contribution >= 0.6 is 11.3 Å². The lowest BCUT2D eigenvalue weighted by Crippen LogP contribution is -2.41. The van der Waals surface area contributed by atoms with E-state index in [1.165, 1.54) is 17.4 Å². The fraction of sp³-hybridized carbons (Fsp3) is 0.278. The molecule has 1 atom stereocenters. The molecule has 0 saturated heterocycles. The van der Waals surface area contributed by atoms with Crippen LogP contribution in [0.2, 0.25) is 0 Å². The average Bonchev–Trinajstić information content (AvgIpc) is 3.08. The van der Waals surface area contributed by atoms with E-state index >= 15 is 0 Å². The highest BCUT2D eigenvalue weighted by molar-refractivity contribution is 7.12. The molecule has 132 valence electrons. The van der Waals surface area contributed by atoms with E-state index in [-0.39, 0.29) is 11.8 Å². The van der Waals surface area contributed by atoms with Crippen LogP contribution in [0, 0.1) is 5.92 Å². The lowest BCUT2D eigenvalue weighted by Gasteiger charge is -2.16. The van der Waals surface area contributed by atoms with Crippen molar-refractivity contribution in [1.29, 1.82) is 0 Å². The topological polar surface area (TPSA) is 95.5 Å². The fourth-order valence-corrected chi connectivity index (χ4v) is 2.89. The summed E-state index contributed by atoms with van der Waals surface area (Å²) in [5.41, 5.74) is 0.765. The first-order valence-electron chi connectivity index (χ1n) is 7.85. The Hall–Kier alpha value is -2.67. The van der Waals surface area contributed by atoms with Crippen molar-refractivity contribution in [2.24, 2.45) is 5.92 Å². The molecule has 2 rings (SSSR count). The Morgan fingerprint density at radius 2 is 1.88 bits per heavy atom. The van der Waals surface area contributed by atoms with Crippen molar-refractivity contribution >= 4 is 34.8 Å². The van der Waals surface area contributed by atoms with Gasteiger partial charge in [0.25, 0.3) is 11.8 Å². The van der Waals surface area contributed by atoms with Crippen LogP contribution in [0.4, 0.5) is 5.69 Å². The van der Waals surface area contributed by atoms with Gasteiger partial charge in [0.1, 0.15) is 6.04 Å². The molecule has 3 N–H and O–H groups in total. The summed E-state index contributed by atoms with van der Waals surface area (Å²) in [6, 6.07) is 8.95. The summed E-state index contributed by atoms with van der Waals surface area (Å²) in [6.45, 7) is 3.78. The predicted octanol–water partition coefficient (Wildman–Crippen LogP) is 3.23. The summed E-state index contributed by atoms with van der Waals surface area (Å²) in [7, 11) is 0. The van der Waals surface area contributed by atoms with E-state index in [2.05, 4.69) is 10.6 Å². The van der Waals surface area contributed by atoms with E-state index in [0.29, 0.717) is 22.5 Å². The van der Waals surface area contributed by atoms with Crippen LogP contribution in [-0.2, 0) is 4.79 Å². The first-order chi connectivity index (χ1) is 11.9. The van der Waals surface area contributed by atoms with Gasteiger partial charge in [-0.2, -0.15) is 0 Å². The molecule has 0 radical (unpaired) electrons. The molecule has 0 fully saturated rings. The summed E-state index contributed by atoms with van der Waals surface area (Å²) in [5.74, 6) is -1.67. The molecule has 1 heterocycles. The quantitative estimate of drug-likeness (QED) is 0.706. The first kappa shape index (κ1) is 18.7. The smallest absolute Gasteiger partial charge is 0.326 e. The van der Waals surface area contributed by atoms with Gasteiger partial charge in [0.15, 0.2) is 0 Å². The number of carbonyl (C=O) groups excluding carboxylic acids is 2. The van der Waals surface area contributed by atoms with Gasteiger partial charge in [0.2, 0.25) is 0 Å². The molecule has 0 saturated carbocycles. The second-order valence-corrected chi connectivity index (χ2v) is 6.95. The predicted molar refractivity (Wildman–Crippen MR) is 97.1 cm³/mol. The van der Waals surface area contributed by atoms with Crippen molar-refractivity contribution in [2.75, 3.05) is 5.32 Å². The normalized spacial score (nSPS) is 11.8. The van der Waals surface area contributed by atoms with Crippen LogP contribution < -0.4 is 10.6 Å². The van der Waals surface area contributed by atoms with Crippen molar-refractivity contribution in [1.82, 2.24) is 5.32 Å². The van der Waals surface area contributed by atoms with Crippen molar-refractivity contribution < 1.29 is 19.5 Å². The second-order valence-electron chi connectivity index (χ2n) is 6.01. The first-order valence-corrected chi connectivity index (χ1v) is 8.73. The highest BCUT2D eigenvalue weighted by atomic mass is 32.1. The van der Waals surface area contributed by atoms with Gasteiger partial charge in [0, 0.05) is 11.3 Å². The molecule has 0 aliphatic carbocycles. The molecule has 25 heavy (non-hydrogen) atoms. The number of carboxylic acid groups (broad SMARTS) is 1. The molecule has 1 unspecified atom stereocenters. The second kappa shape index (κ2) is 8.43. The van der Waals surface area contributed by atoms with E-state index in [1.54, 1.807) is 35.7 Å². The Morgan fingerprint density at radius 3 is 2.48 bits per heavy atom. The van der Waals surface area contributed by atoms with Crippen LogP contribution in [0.1, 0.15) is 40.3 Å². The number of thiophene rings is 1. The number of amides is 2. The minimum atomic E-state index is -1.07. The van der Waals surface area contributed by atoms with Crippen LogP contribution in [0.25, 0.3) is 0 Å². The molecule has 2 aromatic rings.